The predicted octanol–water partition coefficient (Wildman–Crippen LogP) is 2.76. The molecule has 2 rings (SSSR count). The van der Waals surface area contributed by atoms with Gasteiger partial charge in [0.25, 0.3) is 5.91 Å². The molecule has 0 saturated carbocycles. The molecule has 0 bridgehead atoms. The monoisotopic (exact) mass is 325 g/mol. The van der Waals surface area contributed by atoms with E-state index in [1.165, 1.54) is 0 Å². The molecule has 0 saturated heterocycles. The van der Waals surface area contributed by atoms with Crippen molar-refractivity contribution in [2.24, 2.45) is 5.73 Å². The first-order chi connectivity index (χ1) is 9.70. The molecule has 1 aromatic heterocycles. The van der Waals surface area contributed by atoms with Gasteiger partial charge >= 0.3 is 0 Å². The lowest BCUT2D eigenvalue weighted by Crippen LogP contribution is -2.13. The highest BCUT2D eigenvalue weighted by molar-refractivity contribution is 7.71. The molecule has 0 unspecified atom stereocenters. The summed E-state index contributed by atoms with van der Waals surface area (Å²) in [5.41, 5.74) is 6.45. The number of carbonyl (C=O) groups is 1. The first-order valence-corrected chi connectivity index (χ1v) is 6.53. The number of aromatic nitrogens is 1. The lowest BCUT2D eigenvalue weighted by atomic mass is 10.2. The minimum atomic E-state index is -0.261. The summed E-state index contributed by atoms with van der Waals surface area (Å²) in [5, 5.41) is 2.78. The van der Waals surface area contributed by atoms with Gasteiger partial charge in [0.2, 0.25) is 0 Å². The fourth-order valence-electron chi connectivity index (χ4n) is 1.64. The first-order valence-electron chi connectivity index (χ1n) is 6.12. The highest BCUT2D eigenvalue weighted by atomic mass is 35.5. The Balaban J connectivity index is 0.00000220. The molecule has 5 nitrogen and oxygen atoms in total. The number of carbonyl (C=O) groups excluding carboxylic acids is 1. The van der Waals surface area contributed by atoms with Crippen molar-refractivity contribution in [2.45, 2.75) is 0 Å². The first kappa shape index (κ1) is 17.2. The smallest absolute Gasteiger partial charge is 0.258 e. The van der Waals surface area contributed by atoms with Crippen LogP contribution in [0.2, 0.25) is 0 Å². The summed E-state index contributed by atoms with van der Waals surface area (Å²) in [7, 11) is 0. The van der Waals surface area contributed by atoms with Crippen molar-refractivity contribution in [1.29, 1.82) is 0 Å². The van der Waals surface area contributed by atoms with Crippen LogP contribution in [0.3, 0.4) is 0 Å². The van der Waals surface area contributed by atoms with Crippen molar-refractivity contribution >= 4 is 36.2 Å². The largest absolute Gasteiger partial charge is 0.492 e. The maximum Gasteiger partial charge on any atom is 0.258 e. The number of nitrogens with two attached hydrogens (primary N) is 1. The van der Waals surface area contributed by atoms with Crippen LogP contribution in [0.15, 0.2) is 42.6 Å². The molecule has 4 N–H and O–H groups in total. The minimum absolute atomic E-state index is 0. The van der Waals surface area contributed by atoms with Crippen LogP contribution in [0.5, 0.6) is 5.75 Å². The number of halogens is 1. The van der Waals surface area contributed by atoms with Crippen LogP contribution in [0.4, 0.5) is 5.69 Å². The van der Waals surface area contributed by atoms with E-state index in [0.29, 0.717) is 34.8 Å². The van der Waals surface area contributed by atoms with Gasteiger partial charge < -0.3 is 20.8 Å². The van der Waals surface area contributed by atoms with Crippen molar-refractivity contribution in [3.8, 4) is 5.75 Å². The van der Waals surface area contributed by atoms with E-state index in [1.54, 1.807) is 42.6 Å². The zero-order valence-electron chi connectivity index (χ0n) is 11.2. The number of benzene rings is 1. The van der Waals surface area contributed by atoms with Crippen molar-refractivity contribution in [2.75, 3.05) is 18.5 Å². The normalized spacial score (nSPS) is 9.57. The van der Waals surface area contributed by atoms with Gasteiger partial charge in [-0.3, -0.25) is 4.79 Å². The molecular weight excluding hydrogens is 310 g/mol. The number of rotatable bonds is 5. The number of nitrogens with one attached hydrogen (secondary N) is 2. The van der Waals surface area contributed by atoms with Gasteiger partial charge in [-0.1, -0.05) is 18.3 Å². The fraction of sp³-hybridized carbons (Fsp3) is 0.143. The molecular formula is C14H16ClN3O2S. The Hall–Kier alpha value is -1.89. The Morgan fingerprint density at radius 1 is 1.33 bits per heavy atom. The topological polar surface area (TPSA) is 80.1 Å². The molecule has 1 heterocycles. The second-order valence-electron chi connectivity index (χ2n) is 4.03. The number of hydrogen-bond acceptors (Lipinski definition) is 4. The van der Waals surface area contributed by atoms with Gasteiger partial charge in [0.1, 0.15) is 17.0 Å². The molecule has 7 heteroatoms. The van der Waals surface area contributed by atoms with Crippen LogP contribution >= 0.6 is 24.6 Å². The highest BCUT2D eigenvalue weighted by Gasteiger charge is 2.08. The molecule has 1 aromatic carbocycles. The summed E-state index contributed by atoms with van der Waals surface area (Å²) in [4.78, 5) is 14.9. The van der Waals surface area contributed by atoms with Gasteiger partial charge in [0, 0.05) is 24.5 Å². The Morgan fingerprint density at radius 2 is 2.14 bits per heavy atom. The summed E-state index contributed by atoms with van der Waals surface area (Å²) in [6.45, 7) is 0.872. The van der Waals surface area contributed by atoms with Crippen molar-refractivity contribution in [3.63, 3.8) is 0 Å². The number of ether oxygens (including phenoxy) is 1. The van der Waals surface area contributed by atoms with Gasteiger partial charge in [-0.05, 0) is 24.3 Å². The molecule has 0 atom stereocenters. The second-order valence-corrected chi connectivity index (χ2v) is 4.44. The number of aromatic amines is 1. The third-order valence-corrected chi connectivity index (χ3v) is 2.88. The van der Waals surface area contributed by atoms with Gasteiger partial charge in [-0.15, -0.1) is 12.4 Å². The Kier molecular flexibility index (Phi) is 6.87. The third-order valence-electron chi connectivity index (χ3n) is 2.54. The van der Waals surface area contributed by atoms with Crippen molar-refractivity contribution < 1.29 is 9.53 Å². The molecule has 21 heavy (non-hydrogen) atoms. The molecule has 0 aliphatic carbocycles. The number of amides is 1. The Labute approximate surface area is 133 Å². The standard InChI is InChI=1S/C14H15N3O2S.ClH/c15-6-8-19-11-4-1-3-10(9-11)17-13(18)12-5-2-7-16-14(12)20;/h1-5,7,9H,6,8,15H2,(H,16,20)(H,17,18);1H. The van der Waals surface area contributed by atoms with E-state index in [4.69, 9.17) is 22.7 Å². The predicted molar refractivity (Wildman–Crippen MR) is 87.8 cm³/mol. The molecule has 0 spiro atoms. The van der Waals surface area contributed by atoms with Crippen LogP contribution in [-0.2, 0) is 0 Å². The Bertz CT molecular complexity index is 660. The summed E-state index contributed by atoms with van der Waals surface area (Å²) < 4.78 is 5.81. The number of pyridine rings is 1. The summed E-state index contributed by atoms with van der Waals surface area (Å²) >= 11 is 5.07. The fourth-order valence-corrected chi connectivity index (χ4v) is 1.87. The van der Waals surface area contributed by atoms with E-state index >= 15 is 0 Å². The average molecular weight is 326 g/mol. The van der Waals surface area contributed by atoms with Crippen LogP contribution in [0.1, 0.15) is 10.4 Å². The van der Waals surface area contributed by atoms with Gasteiger partial charge in [0.05, 0.1) is 5.56 Å². The molecule has 0 aliphatic rings. The maximum absolute atomic E-state index is 12.1. The van der Waals surface area contributed by atoms with E-state index < -0.39 is 0 Å². The van der Waals surface area contributed by atoms with E-state index in [9.17, 15) is 4.79 Å². The van der Waals surface area contributed by atoms with Crippen LogP contribution in [0.25, 0.3) is 0 Å². The molecule has 0 aliphatic heterocycles. The second kappa shape index (κ2) is 8.41. The highest BCUT2D eigenvalue weighted by Crippen LogP contribution is 2.18. The summed E-state index contributed by atoms with van der Waals surface area (Å²) in [6.07, 6.45) is 1.68. The molecule has 1 amide bonds. The molecule has 0 fully saturated rings. The number of H-pyrrole nitrogens is 1. The zero-order valence-corrected chi connectivity index (χ0v) is 12.8. The third kappa shape index (κ3) is 4.86. The van der Waals surface area contributed by atoms with Crippen molar-refractivity contribution in [3.05, 3.63) is 52.8 Å². The molecule has 2 aromatic rings. The lowest BCUT2D eigenvalue weighted by Gasteiger charge is -2.08. The zero-order chi connectivity index (χ0) is 14.4. The quantitative estimate of drug-likeness (QED) is 0.738. The Morgan fingerprint density at radius 3 is 2.86 bits per heavy atom. The van der Waals surface area contributed by atoms with E-state index in [0.717, 1.165) is 0 Å². The number of anilines is 1. The van der Waals surface area contributed by atoms with E-state index in [1.807, 2.05) is 0 Å². The molecule has 0 radical (unpaired) electrons. The SMILES string of the molecule is Cl.NCCOc1cccc(NC(=O)c2ccc[nH]c2=S)c1. The number of hydrogen-bond donors (Lipinski definition) is 3. The summed E-state index contributed by atoms with van der Waals surface area (Å²) in [6, 6.07) is 10.5. The van der Waals surface area contributed by atoms with E-state index in [2.05, 4.69) is 10.3 Å². The van der Waals surface area contributed by atoms with Crippen LogP contribution in [0, 0.1) is 4.64 Å². The summed E-state index contributed by atoms with van der Waals surface area (Å²) in [5.74, 6) is 0.397. The average Bonchev–Trinajstić information content (AvgIpc) is 2.46. The van der Waals surface area contributed by atoms with Gasteiger partial charge in [-0.2, -0.15) is 0 Å². The van der Waals surface area contributed by atoms with Crippen molar-refractivity contribution in [1.82, 2.24) is 4.98 Å². The van der Waals surface area contributed by atoms with Crippen LogP contribution in [-0.4, -0.2) is 24.0 Å². The minimum Gasteiger partial charge on any atom is -0.492 e. The maximum atomic E-state index is 12.1. The lowest BCUT2D eigenvalue weighted by molar-refractivity contribution is 0.102. The van der Waals surface area contributed by atoms with Gasteiger partial charge in [0.15, 0.2) is 0 Å². The van der Waals surface area contributed by atoms with Gasteiger partial charge in [-0.25, -0.2) is 0 Å². The molecule has 112 valence electrons. The van der Waals surface area contributed by atoms with Crippen LogP contribution < -0.4 is 15.8 Å². The van der Waals surface area contributed by atoms with E-state index in [-0.39, 0.29) is 18.3 Å².